The van der Waals surface area contributed by atoms with Crippen molar-refractivity contribution in [3.05, 3.63) is 0 Å². The molecule has 2 atom stereocenters. The molecule has 14 heavy (non-hydrogen) atoms. The number of carboxylic acids is 1. The predicted octanol–water partition coefficient (Wildman–Crippen LogP) is -1.76. The topological polar surface area (TPSA) is 104 Å². The Morgan fingerprint density at radius 3 is 2.36 bits per heavy atom. The zero-order chi connectivity index (χ0) is 10.1. The SMILES string of the molecule is Cl.O=C(O)CNC1CS(=O)(=O)CC1O. The van der Waals surface area contributed by atoms with Gasteiger partial charge in [0.15, 0.2) is 9.84 Å². The van der Waals surface area contributed by atoms with Crippen LogP contribution >= 0.6 is 12.4 Å². The smallest absolute Gasteiger partial charge is 0.317 e. The van der Waals surface area contributed by atoms with Gasteiger partial charge in [0.2, 0.25) is 0 Å². The molecule has 1 saturated heterocycles. The van der Waals surface area contributed by atoms with Gasteiger partial charge >= 0.3 is 5.97 Å². The first-order valence-electron chi connectivity index (χ1n) is 3.74. The Morgan fingerprint density at radius 1 is 1.43 bits per heavy atom. The molecule has 0 amide bonds. The molecule has 0 aliphatic carbocycles. The standard InChI is InChI=1S/C6H11NO5S.ClH/c8-5-3-13(11,12)2-4(5)7-1-6(9)10;/h4-5,7-8H,1-3H2,(H,9,10);1H. The average molecular weight is 246 g/mol. The Bertz CT molecular complexity index is 303. The second-order valence-corrected chi connectivity index (χ2v) is 5.18. The lowest BCUT2D eigenvalue weighted by molar-refractivity contribution is -0.136. The number of halogens is 1. The third kappa shape index (κ3) is 3.79. The van der Waals surface area contributed by atoms with Crippen LogP contribution in [-0.2, 0) is 14.6 Å². The Morgan fingerprint density at radius 2 is 2.00 bits per heavy atom. The van der Waals surface area contributed by atoms with Crippen LogP contribution in [0.15, 0.2) is 0 Å². The van der Waals surface area contributed by atoms with Crippen molar-refractivity contribution in [3.8, 4) is 0 Å². The summed E-state index contributed by atoms with van der Waals surface area (Å²) in [6.45, 7) is -0.336. The Labute approximate surface area is 87.6 Å². The van der Waals surface area contributed by atoms with E-state index in [9.17, 15) is 18.3 Å². The molecule has 1 aliphatic rings. The molecule has 3 N–H and O–H groups in total. The van der Waals surface area contributed by atoms with Gasteiger partial charge in [0.1, 0.15) is 0 Å². The maximum Gasteiger partial charge on any atom is 0.317 e. The lowest BCUT2D eigenvalue weighted by atomic mass is 10.2. The van der Waals surface area contributed by atoms with Gasteiger partial charge in [-0.15, -0.1) is 12.4 Å². The fourth-order valence-electron chi connectivity index (χ4n) is 1.24. The predicted molar refractivity (Wildman–Crippen MR) is 51.3 cm³/mol. The van der Waals surface area contributed by atoms with Crippen molar-refractivity contribution in [2.24, 2.45) is 0 Å². The highest BCUT2D eigenvalue weighted by Gasteiger charge is 2.36. The number of hydrogen-bond donors (Lipinski definition) is 3. The summed E-state index contributed by atoms with van der Waals surface area (Å²) in [4.78, 5) is 10.1. The molecule has 1 aliphatic heterocycles. The molecule has 0 bridgehead atoms. The number of hydrogen-bond acceptors (Lipinski definition) is 5. The van der Waals surface area contributed by atoms with E-state index in [-0.39, 0.29) is 30.5 Å². The summed E-state index contributed by atoms with van der Waals surface area (Å²) in [7, 11) is -3.20. The summed E-state index contributed by atoms with van der Waals surface area (Å²) >= 11 is 0. The molecule has 1 heterocycles. The molecule has 8 heteroatoms. The monoisotopic (exact) mass is 245 g/mol. The van der Waals surface area contributed by atoms with Crippen LogP contribution in [0.2, 0.25) is 0 Å². The van der Waals surface area contributed by atoms with Gasteiger partial charge in [0.25, 0.3) is 0 Å². The molecule has 0 spiro atoms. The van der Waals surface area contributed by atoms with E-state index in [1.54, 1.807) is 0 Å². The minimum atomic E-state index is -3.20. The Balaban J connectivity index is 0.00000169. The number of carboxylic acid groups (broad SMARTS) is 1. The van der Waals surface area contributed by atoms with Gasteiger partial charge in [-0.05, 0) is 0 Å². The van der Waals surface area contributed by atoms with Crippen LogP contribution in [0.3, 0.4) is 0 Å². The maximum absolute atomic E-state index is 10.9. The van der Waals surface area contributed by atoms with Crippen LogP contribution in [0.25, 0.3) is 0 Å². The summed E-state index contributed by atoms with van der Waals surface area (Å²) in [6.07, 6.45) is -0.996. The van der Waals surface area contributed by atoms with Gasteiger partial charge in [0, 0.05) is 6.04 Å². The molecule has 1 rings (SSSR count). The zero-order valence-electron chi connectivity index (χ0n) is 7.21. The van der Waals surface area contributed by atoms with Gasteiger partial charge < -0.3 is 15.5 Å². The molecule has 6 nitrogen and oxygen atoms in total. The lowest BCUT2D eigenvalue weighted by Crippen LogP contribution is -2.41. The van der Waals surface area contributed by atoms with Crippen LogP contribution in [0.5, 0.6) is 0 Å². The molecule has 1 fully saturated rings. The first-order chi connectivity index (χ1) is 5.91. The van der Waals surface area contributed by atoms with E-state index < -0.39 is 28.0 Å². The van der Waals surface area contributed by atoms with Crippen LogP contribution in [0.4, 0.5) is 0 Å². The summed E-state index contributed by atoms with van der Waals surface area (Å²) in [5.41, 5.74) is 0. The van der Waals surface area contributed by atoms with Crippen LogP contribution in [0.1, 0.15) is 0 Å². The van der Waals surface area contributed by atoms with Crippen molar-refractivity contribution in [1.29, 1.82) is 0 Å². The van der Waals surface area contributed by atoms with Crippen molar-refractivity contribution in [2.75, 3.05) is 18.1 Å². The van der Waals surface area contributed by atoms with Crippen molar-refractivity contribution in [3.63, 3.8) is 0 Å². The van der Waals surface area contributed by atoms with Crippen molar-refractivity contribution < 1.29 is 23.4 Å². The van der Waals surface area contributed by atoms with Gasteiger partial charge in [-0.3, -0.25) is 4.79 Å². The molecule has 2 unspecified atom stereocenters. The first kappa shape index (κ1) is 13.6. The van der Waals surface area contributed by atoms with Crippen LogP contribution < -0.4 is 5.32 Å². The van der Waals surface area contributed by atoms with E-state index in [2.05, 4.69) is 5.32 Å². The summed E-state index contributed by atoms with van der Waals surface area (Å²) in [5, 5.41) is 20.0. The maximum atomic E-state index is 10.9. The second-order valence-electron chi connectivity index (χ2n) is 3.03. The highest BCUT2D eigenvalue weighted by atomic mass is 35.5. The molecule has 0 saturated carbocycles. The molecule has 84 valence electrons. The Hall–Kier alpha value is -0.370. The number of aliphatic hydroxyl groups excluding tert-OH is 1. The molecule has 0 aromatic heterocycles. The minimum Gasteiger partial charge on any atom is -0.480 e. The number of carbonyl (C=O) groups is 1. The molecule has 0 radical (unpaired) electrons. The van der Waals surface area contributed by atoms with Crippen LogP contribution in [-0.4, -0.2) is 54.8 Å². The summed E-state index contributed by atoms with van der Waals surface area (Å²) in [5.74, 6) is -1.55. The number of sulfone groups is 1. The lowest BCUT2D eigenvalue weighted by Gasteiger charge is -2.12. The van der Waals surface area contributed by atoms with E-state index in [1.807, 2.05) is 0 Å². The van der Waals surface area contributed by atoms with Crippen molar-refractivity contribution in [2.45, 2.75) is 12.1 Å². The van der Waals surface area contributed by atoms with E-state index >= 15 is 0 Å². The normalized spacial score (nSPS) is 29.5. The minimum absolute atomic E-state index is 0. The van der Waals surface area contributed by atoms with E-state index in [0.29, 0.717) is 0 Å². The number of rotatable bonds is 3. The van der Waals surface area contributed by atoms with Gasteiger partial charge in [-0.1, -0.05) is 0 Å². The quantitative estimate of drug-likeness (QED) is 0.544. The molecule has 0 aromatic carbocycles. The number of nitrogens with one attached hydrogen (secondary N) is 1. The Kier molecular flexibility index (Phi) is 4.79. The van der Waals surface area contributed by atoms with E-state index in [1.165, 1.54) is 0 Å². The van der Waals surface area contributed by atoms with Crippen LogP contribution in [0, 0.1) is 0 Å². The molecular weight excluding hydrogens is 234 g/mol. The second kappa shape index (κ2) is 4.92. The van der Waals surface area contributed by atoms with Gasteiger partial charge in [-0.2, -0.15) is 0 Å². The fourth-order valence-corrected chi connectivity index (χ4v) is 3.02. The molecule has 0 aromatic rings. The third-order valence-electron chi connectivity index (χ3n) is 1.84. The van der Waals surface area contributed by atoms with E-state index in [0.717, 1.165) is 0 Å². The number of aliphatic hydroxyl groups is 1. The average Bonchev–Trinajstić information content (AvgIpc) is 2.20. The highest BCUT2D eigenvalue weighted by molar-refractivity contribution is 7.91. The van der Waals surface area contributed by atoms with Crippen molar-refractivity contribution in [1.82, 2.24) is 5.32 Å². The third-order valence-corrected chi connectivity index (χ3v) is 3.55. The van der Waals surface area contributed by atoms with Gasteiger partial charge in [0.05, 0.1) is 24.2 Å². The number of aliphatic carboxylic acids is 1. The van der Waals surface area contributed by atoms with E-state index in [4.69, 9.17) is 5.11 Å². The molecular formula is C6H12ClNO5S. The zero-order valence-corrected chi connectivity index (χ0v) is 8.84. The van der Waals surface area contributed by atoms with Crippen molar-refractivity contribution >= 4 is 28.2 Å². The first-order valence-corrected chi connectivity index (χ1v) is 5.56. The highest BCUT2D eigenvalue weighted by Crippen LogP contribution is 2.11. The largest absolute Gasteiger partial charge is 0.480 e. The fraction of sp³-hybridized carbons (Fsp3) is 0.833. The van der Waals surface area contributed by atoms with Gasteiger partial charge in [-0.25, -0.2) is 8.42 Å². The summed E-state index contributed by atoms with van der Waals surface area (Å²) < 4.78 is 21.9. The summed E-state index contributed by atoms with van der Waals surface area (Å²) in [6, 6.07) is -0.652.